The van der Waals surface area contributed by atoms with E-state index in [0.717, 1.165) is 16.7 Å². The van der Waals surface area contributed by atoms with Crippen molar-refractivity contribution in [3.63, 3.8) is 0 Å². The number of carbonyl (C=O) groups is 1. The summed E-state index contributed by atoms with van der Waals surface area (Å²) >= 11 is 0. The lowest BCUT2D eigenvalue weighted by molar-refractivity contribution is -0.120. The van der Waals surface area contributed by atoms with Crippen LogP contribution in [0.1, 0.15) is 22.7 Å². The van der Waals surface area contributed by atoms with Crippen molar-refractivity contribution in [1.82, 2.24) is 5.32 Å². The standard InChI is InChI=1S/C22H20N2O/c25-21(17-23-16-18-10-4-1-5-11-18)24-22(19-12-6-2-7-13-19)20-14-8-3-9-15-20/h1-16,22H,17H2,(H,24,25). The van der Waals surface area contributed by atoms with Crippen LogP contribution in [0.25, 0.3) is 0 Å². The van der Waals surface area contributed by atoms with E-state index in [9.17, 15) is 4.79 Å². The maximum Gasteiger partial charge on any atom is 0.242 e. The van der Waals surface area contributed by atoms with Gasteiger partial charge in [0.2, 0.25) is 5.91 Å². The zero-order valence-electron chi connectivity index (χ0n) is 13.9. The van der Waals surface area contributed by atoms with Gasteiger partial charge in [0.05, 0.1) is 6.04 Å². The number of amides is 1. The molecule has 0 aromatic heterocycles. The third-order valence-electron chi connectivity index (χ3n) is 3.85. The van der Waals surface area contributed by atoms with Crippen LogP contribution < -0.4 is 5.32 Å². The van der Waals surface area contributed by atoms with E-state index in [2.05, 4.69) is 10.3 Å². The molecule has 0 aliphatic carbocycles. The van der Waals surface area contributed by atoms with Gasteiger partial charge in [-0.15, -0.1) is 0 Å². The number of hydrogen-bond donors (Lipinski definition) is 1. The Morgan fingerprint density at radius 2 is 1.28 bits per heavy atom. The fraction of sp³-hybridized carbons (Fsp3) is 0.0909. The van der Waals surface area contributed by atoms with E-state index in [4.69, 9.17) is 0 Å². The number of hydrogen-bond acceptors (Lipinski definition) is 2. The summed E-state index contributed by atoms with van der Waals surface area (Å²) < 4.78 is 0. The Hall–Kier alpha value is -3.20. The molecule has 0 aliphatic heterocycles. The molecule has 3 aromatic carbocycles. The average Bonchev–Trinajstić information content (AvgIpc) is 2.68. The topological polar surface area (TPSA) is 41.5 Å². The third-order valence-corrected chi connectivity index (χ3v) is 3.85. The predicted molar refractivity (Wildman–Crippen MR) is 102 cm³/mol. The summed E-state index contributed by atoms with van der Waals surface area (Å²) in [5, 5.41) is 3.08. The van der Waals surface area contributed by atoms with Gasteiger partial charge in [0.1, 0.15) is 6.54 Å². The van der Waals surface area contributed by atoms with E-state index < -0.39 is 0 Å². The van der Waals surface area contributed by atoms with Gasteiger partial charge >= 0.3 is 0 Å². The van der Waals surface area contributed by atoms with Crippen LogP contribution >= 0.6 is 0 Å². The van der Waals surface area contributed by atoms with Crippen molar-refractivity contribution in [2.45, 2.75) is 6.04 Å². The molecule has 0 saturated carbocycles. The van der Waals surface area contributed by atoms with Crippen LogP contribution in [0.5, 0.6) is 0 Å². The second-order valence-electron chi connectivity index (χ2n) is 5.70. The largest absolute Gasteiger partial charge is 0.344 e. The molecule has 0 saturated heterocycles. The summed E-state index contributed by atoms with van der Waals surface area (Å²) in [6.45, 7) is 0.102. The van der Waals surface area contributed by atoms with E-state index in [1.165, 1.54) is 0 Å². The second kappa shape index (κ2) is 8.60. The molecule has 0 atom stereocenters. The normalized spacial score (nSPS) is 10.9. The van der Waals surface area contributed by atoms with E-state index in [0.29, 0.717) is 0 Å². The zero-order valence-corrected chi connectivity index (χ0v) is 13.9. The maximum absolute atomic E-state index is 12.4. The average molecular weight is 328 g/mol. The Morgan fingerprint density at radius 3 is 1.80 bits per heavy atom. The highest BCUT2D eigenvalue weighted by molar-refractivity contribution is 5.84. The number of benzene rings is 3. The number of nitrogens with zero attached hydrogens (tertiary/aromatic N) is 1. The van der Waals surface area contributed by atoms with E-state index in [-0.39, 0.29) is 18.5 Å². The number of rotatable bonds is 6. The fourth-order valence-corrected chi connectivity index (χ4v) is 2.63. The Balaban J connectivity index is 1.70. The van der Waals surface area contributed by atoms with Gasteiger partial charge in [-0.3, -0.25) is 9.79 Å². The van der Waals surface area contributed by atoms with E-state index >= 15 is 0 Å². The first-order chi connectivity index (χ1) is 12.3. The lowest BCUT2D eigenvalue weighted by Crippen LogP contribution is -2.31. The zero-order chi connectivity index (χ0) is 17.3. The van der Waals surface area contributed by atoms with Gasteiger partial charge in [-0.05, 0) is 16.7 Å². The van der Waals surface area contributed by atoms with Gasteiger partial charge < -0.3 is 5.32 Å². The highest BCUT2D eigenvalue weighted by Crippen LogP contribution is 2.21. The molecule has 0 spiro atoms. The SMILES string of the molecule is O=C(CN=Cc1ccccc1)NC(c1ccccc1)c1ccccc1. The summed E-state index contributed by atoms with van der Waals surface area (Å²) in [6, 6.07) is 29.5. The molecule has 0 heterocycles. The summed E-state index contributed by atoms with van der Waals surface area (Å²) in [7, 11) is 0. The van der Waals surface area contributed by atoms with Gasteiger partial charge in [0.25, 0.3) is 0 Å². The second-order valence-corrected chi connectivity index (χ2v) is 5.70. The summed E-state index contributed by atoms with van der Waals surface area (Å²) in [6.07, 6.45) is 1.72. The first-order valence-corrected chi connectivity index (χ1v) is 8.27. The van der Waals surface area contributed by atoms with Crippen LogP contribution in [-0.2, 0) is 4.79 Å². The molecule has 3 nitrogen and oxygen atoms in total. The number of aliphatic imine (C=N–C) groups is 1. The molecule has 3 heteroatoms. The number of carbonyl (C=O) groups excluding carboxylic acids is 1. The lowest BCUT2D eigenvalue weighted by Gasteiger charge is -2.19. The minimum Gasteiger partial charge on any atom is -0.344 e. The smallest absolute Gasteiger partial charge is 0.242 e. The molecule has 25 heavy (non-hydrogen) atoms. The van der Waals surface area contributed by atoms with Crippen molar-refractivity contribution < 1.29 is 4.79 Å². The molecule has 3 aromatic rings. The van der Waals surface area contributed by atoms with Gasteiger partial charge in [-0.25, -0.2) is 0 Å². The third kappa shape index (κ3) is 4.88. The highest BCUT2D eigenvalue weighted by atomic mass is 16.1. The molecule has 0 fully saturated rings. The first-order valence-electron chi connectivity index (χ1n) is 8.27. The van der Waals surface area contributed by atoms with Gasteiger partial charge in [-0.1, -0.05) is 91.0 Å². The van der Waals surface area contributed by atoms with Gasteiger partial charge in [0.15, 0.2) is 0 Å². The predicted octanol–water partition coefficient (Wildman–Crippen LogP) is 4.01. The fourth-order valence-electron chi connectivity index (χ4n) is 2.63. The quantitative estimate of drug-likeness (QED) is 0.683. The van der Waals surface area contributed by atoms with Crippen LogP contribution in [0.2, 0.25) is 0 Å². The molecule has 1 N–H and O–H groups in total. The monoisotopic (exact) mass is 328 g/mol. The summed E-state index contributed by atoms with van der Waals surface area (Å²) in [5.41, 5.74) is 3.08. The Kier molecular flexibility index (Phi) is 5.73. The Morgan fingerprint density at radius 1 is 0.800 bits per heavy atom. The van der Waals surface area contributed by atoms with Crippen LogP contribution in [0.4, 0.5) is 0 Å². The van der Waals surface area contributed by atoms with Crippen LogP contribution in [0.3, 0.4) is 0 Å². The van der Waals surface area contributed by atoms with Crippen molar-refractivity contribution in [1.29, 1.82) is 0 Å². The highest BCUT2D eigenvalue weighted by Gasteiger charge is 2.15. The molecule has 124 valence electrons. The van der Waals surface area contributed by atoms with Gasteiger partial charge in [-0.2, -0.15) is 0 Å². The number of nitrogens with one attached hydrogen (secondary N) is 1. The molecule has 0 radical (unpaired) electrons. The van der Waals surface area contributed by atoms with Crippen molar-refractivity contribution >= 4 is 12.1 Å². The summed E-state index contributed by atoms with van der Waals surface area (Å²) in [5.74, 6) is -0.107. The molecule has 3 rings (SSSR count). The maximum atomic E-state index is 12.4. The van der Waals surface area contributed by atoms with E-state index in [1.807, 2.05) is 91.0 Å². The van der Waals surface area contributed by atoms with Crippen molar-refractivity contribution in [2.75, 3.05) is 6.54 Å². The van der Waals surface area contributed by atoms with Crippen molar-refractivity contribution in [2.24, 2.45) is 4.99 Å². The molecule has 1 amide bonds. The minimum atomic E-state index is -0.179. The van der Waals surface area contributed by atoms with Crippen LogP contribution in [-0.4, -0.2) is 18.7 Å². The van der Waals surface area contributed by atoms with Crippen LogP contribution in [0.15, 0.2) is 96.0 Å². The van der Waals surface area contributed by atoms with E-state index in [1.54, 1.807) is 6.21 Å². The van der Waals surface area contributed by atoms with Gasteiger partial charge in [0, 0.05) is 6.21 Å². The Bertz CT molecular complexity index is 775. The van der Waals surface area contributed by atoms with Crippen molar-refractivity contribution in [3.8, 4) is 0 Å². The molecule has 0 unspecified atom stereocenters. The summed E-state index contributed by atoms with van der Waals surface area (Å²) in [4.78, 5) is 16.6. The molecule has 0 bridgehead atoms. The van der Waals surface area contributed by atoms with Crippen LogP contribution in [0, 0.1) is 0 Å². The first kappa shape index (κ1) is 16.7. The Labute approximate surface area is 148 Å². The molecular weight excluding hydrogens is 308 g/mol. The minimum absolute atomic E-state index is 0.102. The lowest BCUT2D eigenvalue weighted by atomic mass is 9.99. The van der Waals surface area contributed by atoms with Crippen molar-refractivity contribution in [3.05, 3.63) is 108 Å². The molecule has 0 aliphatic rings. The molecular formula is C22H20N2O.